The minimum atomic E-state index is 0. The topological polar surface area (TPSA) is 32.3 Å². The second-order valence-electron chi connectivity index (χ2n) is 5.52. The average molecular weight is 396 g/mol. The number of hydrogen-bond acceptors (Lipinski definition) is 2. The van der Waals surface area contributed by atoms with Gasteiger partial charge in [0, 0.05) is 16.7 Å². The maximum atomic E-state index is 12.5. The minimum absolute atomic E-state index is 0. The molecular formula is C18H20BrClN2O. The smallest absolute Gasteiger partial charge is 0.242 e. The predicted octanol–water partition coefficient (Wildman–Crippen LogP) is 4.65. The van der Waals surface area contributed by atoms with E-state index in [1.807, 2.05) is 47.4 Å². The lowest BCUT2D eigenvalue weighted by Crippen LogP contribution is -2.35. The molecular weight excluding hydrogens is 376 g/mol. The van der Waals surface area contributed by atoms with Crippen LogP contribution in [0.2, 0.25) is 0 Å². The maximum Gasteiger partial charge on any atom is 0.242 e. The van der Waals surface area contributed by atoms with Gasteiger partial charge in [0.2, 0.25) is 5.91 Å². The third-order valence-electron chi connectivity index (χ3n) is 4.02. The summed E-state index contributed by atoms with van der Waals surface area (Å²) < 4.78 is 1.06. The highest BCUT2D eigenvalue weighted by Gasteiger charge is 2.29. The van der Waals surface area contributed by atoms with Crippen molar-refractivity contribution in [2.75, 3.05) is 18.4 Å². The number of benzene rings is 2. The predicted molar refractivity (Wildman–Crippen MR) is 100 cm³/mol. The molecule has 23 heavy (non-hydrogen) atoms. The molecule has 1 fully saturated rings. The van der Waals surface area contributed by atoms with Crippen LogP contribution in [0.1, 0.15) is 24.4 Å². The minimum Gasteiger partial charge on any atom is -0.376 e. The van der Waals surface area contributed by atoms with E-state index in [0.717, 1.165) is 29.5 Å². The first kappa shape index (κ1) is 17.8. The number of anilines is 1. The van der Waals surface area contributed by atoms with Gasteiger partial charge in [0.15, 0.2) is 0 Å². The van der Waals surface area contributed by atoms with Gasteiger partial charge >= 0.3 is 0 Å². The van der Waals surface area contributed by atoms with E-state index in [1.54, 1.807) is 0 Å². The van der Waals surface area contributed by atoms with E-state index in [1.165, 1.54) is 5.56 Å². The molecule has 1 N–H and O–H groups in total. The Bertz CT molecular complexity index is 650. The second kappa shape index (κ2) is 8.37. The van der Waals surface area contributed by atoms with E-state index in [4.69, 9.17) is 0 Å². The molecule has 1 heterocycles. The molecule has 0 aliphatic carbocycles. The maximum absolute atomic E-state index is 12.5. The fourth-order valence-corrected chi connectivity index (χ4v) is 3.38. The van der Waals surface area contributed by atoms with Gasteiger partial charge in [-0.2, -0.15) is 0 Å². The van der Waals surface area contributed by atoms with Crippen LogP contribution in [0.25, 0.3) is 0 Å². The van der Waals surface area contributed by atoms with Crippen LogP contribution in [0.15, 0.2) is 59.1 Å². The van der Waals surface area contributed by atoms with E-state index >= 15 is 0 Å². The molecule has 5 heteroatoms. The standard InChI is InChI=1S/C18H19BrN2O.ClH/c19-15-7-4-6-14(12-15)17-10-5-11-21(17)18(22)13-20-16-8-2-1-3-9-16;/h1-4,6-9,12,17,20H,5,10-11,13H2;1H. The van der Waals surface area contributed by atoms with Crippen molar-refractivity contribution < 1.29 is 4.79 Å². The molecule has 3 nitrogen and oxygen atoms in total. The molecule has 1 aliphatic rings. The number of rotatable bonds is 4. The summed E-state index contributed by atoms with van der Waals surface area (Å²) in [5, 5.41) is 3.20. The van der Waals surface area contributed by atoms with E-state index < -0.39 is 0 Å². The van der Waals surface area contributed by atoms with Crippen molar-refractivity contribution in [1.29, 1.82) is 0 Å². The SMILES string of the molecule is Cl.O=C(CNc1ccccc1)N1CCCC1c1cccc(Br)c1. The Morgan fingerprint density at radius 3 is 2.70 bits per heavy atom. The molecule has 2 aromatic rings. The number of likely N-dealkylation sites (tertiary alicyclic amines) is 1. The van der Waals surface area contributed by atoms with E-state index in [-0.39, 0.29) is 24.4 Å². The molecule has 0 radical (unpaired) electrons. The van der Waals surface area contributed by atoms with Crippen LogP contribution >= 0.6 is 28.3 Å². The molecule has 122 valence electrons. The number of amides is 1. The number of carbonyl (C=O) groups is 1. The fourth-order valence-electron chi connectivity index (χ4n) is 2.96. The summed E-state index contributed by atoms with van der Waals surface area (Å²) in [4.78, 5) is 14.5. The molecule has 2 aromatic carbocycles. The molecule has 0 aromatic heterocycles. The first-order valence-electron chi connectivity index (χ1n) is 7.58. The summed E-state index contributed by atoms with van der Waals surface area (Å²) >= 11 is 3.51. The Labute approximate surface area is 151 Å². The Morgan fingerprint density at radius 2 is 1.96 bits per heavy atom. The van der Waals surface area contributed by atoms with Crippen molar-refractivity contribution in [1.82, 2.24) is 4.90 Å². The zero-order chi connectivity index (χ0) is 15.4. The second-order valence-corrected chi connectivity index (χ2v) is 6.44. The van der Waals surface area contributed by atoms with Crippen molar-refractivity contribution in [3.8, 4) is 0 Å². The van der Waals surface area contributed by atoms with Gasteiger partial charge in [-0.05, 0) is 42.7 Å². The normalized spacial score (nSPS) is 16.7. The van der Waals surface area contributed by atoms with Gasteiger partial charge in [0.05, 0.1) is 12.6 Å². The van der Waals surface area contributed by atoms with Gasteiger partial charge < -0.3 is 10.2 Å². The van der Waals surface area contributed by atoms with Crippen LogP contribution in [0.5, 0.6) is 0 Å². The number of nitrogens with one attached hydrogen (secondary N) is 1. The fraction of sp³-hybridized carbons (Fsp3) is 0.278. The molecule has 1 aliphatic heterocycles. The molecule has 0 spiro atoms. The first-order chi connectivity index (χ1) is 10.7. The summed E-state index contributed by atoms with van der Waals surface area (Å²) in [6.07, 6.45) is 2.10. The Hall–Kier alpha value is -1.52. The third kappa shape index (κ3) is 4.49. The average Bonchev–Trinajstić information content (AvgIpc) is 3.03. The van der Waals surface area contributed by atoms with E-state index in [0.29, 0.717) is 6.54 Å². The molecule has 1 atom stereocenters. The molecule has 1 amide bonds. The van der Waals surface area contributed by atoms with Crippen molar-refractivity contribution in [3.05, 3.63) is 64.6 Å². The summed E-state index contributed by atoms with van der Waals surface area (Å²) in [6.45, 7) is 1.18. The number of carbonyl (C=O) groups excluding carboxylic acids is 1. The van der Waals surface area contributed by atoms with Gasteiger partial charge in [-0.25, -0.2) is 0 Å². The van der Waals surface area contributed by atoms with E-state index in [2.05, 4.69) is 33.4 Å². The molecule has 1 unspecified atom stereocenters. The molecule has 0 saturated carbocycles. The van der Waals surface area contributed by atoms with Crippen LogP contribution in [-0.4, -0.2) is 23.9 Å². The van der Waals surface area contributed by atoms with Crippen LogP contribution < -0.4 is 5.32 Å². The summed E-state index contributed by atoms with van der Waals surface area (Å²) in [5.74, 6) is 0.159. The zero-order valence-electron chi connectivity index (χ0n) is 12.7. The lowest BCUT2D eigenvalue weighted by atomic mass is 10.0. The largest absolute Gasteiger partial charge is 0.376 e. The number of halogens is 2. The Kier molecular flexibility index (Phi) is 6.48. The van der Waals surface area contributed by atoms with Crippen molar-refractivity contribution >= 4 is 39.9 Å². The monoisotopic (exact) mass is 394 g/mol. The van der Waals surface area contributed by atoms with Crippen LogP contribution in [0.4, 0.5) is 5.69 Å². The van der Waals surface area contributed by atoms with Gasteiger partial charge in [0.1, 0.15) is 0 Å². The summed E-state index contributed by atoms with van der Waals surface area (Å²) in [6, 6.07) is 18.3. The van der Waals surface area contributed by atoms with Crippen LogP contribution in [0.3, 0.4) is 0 Å². The number of hydrogen-bond donors (Lipinski definition) is 1. The van der Waals surface area contributed by atoms with Crippen molar-refractivity contribution in [2.24, 2.45) is 0 Å². The highest BCUT2D eigenvalue weighted by atomic mass is 79.9. The summed E-state index contributed by atoms with van der Waals surface area (Å²) in [5.41, 5.74) is 2.19. The van der Waals surface area contributed by atoms with Crippen molar-refractivity contribution in [2.45, 2.75) is 18.9 Å². The highest BCUT2D eigenvalue weighted by Crippen LogP contribution is 2.33. The number of para-hydroxylation sites is 1. The van der Waals surface area contributed by atoms with Crippen molar-refractivity contribution in [3.63, 3.8) is 0 Å². The third-order valence-corrected chi connectivity index (χ3v) is 4.52. The Balaban J connectivity index is 0.00000192. The van der Waals surface area contributed by atoms with Gasteiger partial charge in [-0.15, -0.1) is 12.4 Å². The van der Waals surface area contributed by atoms with Crippen LogP contribution in [-0.2, 0) is 4.79 Å². The number of nitrogens with zero attached hydrogens (tertiary/aromatic N) is 1. The molecule has 3 rings (SSSR count). The first-order valence-corrected chi connectivity index (χ1v) is 8.37. The quantitative estimate of drug-likeness (QED) is 0.817. The van der Waals surface area contributed by atoms with Gasteiger partial charge in [0.25, 0.3) is 0 Å². The molecule has 0 bridgehead atoms. The van der Waals surface area contributed by atoms with Crippen LogP contribution in [0, 0.1) is 0 Å². The highest BCUT2D eigenvalue weighted by molar-refractivity contribution is 9.10. The lowest BCUT2D eigenvalue weighted by Gasteiger charge is -2.25. The van der Waals surface area contributed by atoms with Gasteiger partial charge in [-0.3, -0.25) is 4.79 Å². The van der Waals surface area contributed by atoms with E-state index in [9.17, 15) is 4.79 Å². The summed E-state index contributed by atoms with van der Waals surface area (Å²) in [7, 11) is 0. The Morgan fingerprint density at radius 1 is 1.17 bits per heavy atom. The lowest BCUT2D eigenvalue weighted by molar-refractivity contribution is -0.130. The zero-order valence-corrected chi connectivity index (χ0v) is 15.1. The molecule has 1 saturated heterocycles. The van der Waals surface area contributed by atoms with Gasteiger partial charge in [-0.1, -0.05) is 46.3 Å².